The highest BCUT2D eigenvalue weighted by Crippen LogP contribution is 2.18. The van der Waals surface area contributed by atoms with Crippen LogP contribution in [0.25, 0.3) is 0 Å². The molecule has 104 valence electrons. The molecular formula is C13H20N4O2. The van der Waals surface area contributed by atoms with Gasteiger partial charge in [0.2, 0.25) is 0 Å². The van der Waals surface area contributed by atoms with Gasteiger partial charge in [-0.25, -0.2) is 4.98 Å². The molecule has 2 rings (SSSR count). The number of rotatable bonds is 4. The molecule has 19 heavy (non-hydrogen) atoms. The maximum Gasteiger partial charge on any atom is 0.255 e. The van der Waals surface area contributed by atoms with Crippen LogP contribution in [0.1, 0.15) is 10.4 Å². The van der Waals surface area contributed by atoms with E-state index in [9.17, 15) is 4.79 Å². The maximum atomic E-state index is 12.0. The van der Waals surface area contributed by atoms with Crippen molar-refractivity contribution in [1.82, 2.24) is 15.2 Å². The fourth-order valence-electron chi connectivity index (χ4n) is 2.11. The number of nitrogens with one attached hydrogen (secondary N) is 1. The number of nitrogens with zero attached hydrogens (tertiary/aromatic N) is 3. The summed E-state index contributed by atoms with van der Waals surface area (Å²) >= 11 is 0. The van der Waals surface area contributed by atoms with E-state index in [2.05, 4.69) is 27.1 Å². The number of pyridine rings is 1. The van der Waals surface area contributed by atoms with Crippen LogP contribution in [0.15, 0.2) is 18.3 Å². The predicted molar refractivity (Wildman–Crippen MR) is 73.4 cm³/mol. The number of hydrogen-bond acceptors (Lipinski definition) is 5. The summed E-state index contributed by atoms with van der Waals surface area (Å²) in [5.41, 5.74) is 0.570. The van der Waals surface area contributed by atoms with E-state index < -0.39 is 0 Å². The van der Waals surface area contributed by atoms with Crippen LogP contribution in [-0.2, 0) is 0 Å². The van der Waals surface area contributed by atoms with E-state index in [0.717, 1.165) is 32.0 Å². The van der Waals surface area contributed by atoms with Crippen molar-refractivity contribution in [3.8, 4) is 0 Å². The first kappa shape index (κ1) is 13.8. The molecule has 1 aliphatic heterocycles. The first-order valence-corrected chi connectivity index (χ1v) is 6.50. The van der Waals surface area contributed by atoms with Crippen molar-refractivity contribution >= 4 is 11.7 Å². The molecule has 0 saturated carbocycles. The van der Waals surface area contributed by atoms with Crippen molar-refractivity contribution in [1.29, 1.82) is 0 Å². The second-order valence-electron chi connectivity index (χ2n) is 4.64. The minimum Gasteiger partial charge on any atom is -0.395 e. The van der Waals surface area contributed by atoms with Gasteiger partial charge in [-0.15, -0.1) is 0 Å². The van der Waals surface area contributed by atoms with Crippen molar-refractivity contribution in [2.45, 2.75) is 0 Å². The van der Waals surface area contributed by atoms with Gasteiger partial charge in [0, 0.05) is 38.9 Å². The summed E-state index contributed by atoms with van der Waals surface area (Å²) in [6.07, 6.45) is 1.70. The van der Waals surface area contributed by atoms with Crippen LogP contribution in [0, 0.1) is 0 Å². The summed E-state index contributed by atoms with van der Waals surface area (Å²) in [6, 6.07) is 3.53. The standard InChI is InChI=1S/C13H20N4O2/c1-16-6-8-17(9-7-16)12-11(3-2-4-14-12)13(19)15-5-10-18/h2-4,18H,5-10H2,1H3,(H,15,19). The monoisotopic (exact) mass is 264 g/mol. The third-order valence-electron chi connectivity index (χ3n) is 3.23. The van der Waals surface area contributed by atoms with E-state index >= 15 is 0 Å². The molecule has 0 atom stereocenters. The zero-order valence-corrected chi connectivity index (χ0v) is 11.2. The number of aliphatic hydroxyl groups excluding tert-OH is 1. The van der Waals surface area contributed by atoms with Gasteiger partial charge >= 0.3 is 0 Å². The van der Waals surface area contributed by atoms with E-state index in [1.807, 2.05) is 0 Å². The number of hydrogen-bond donors (Lipinski definition) is 2. The number of carbonyl (C=O) groups excluding carboxylic acids is 1. The molecule has 1 aromatic heterocycles. The van der Waals surface area contributed by atoms with Crippen LogP contribution < -0.4 is 10.2 Å². The van der Waals surface area contributed by atoms with E-state index in [-0.39, 0.29) is 19.1 Å². The molecule has 1 aromatic rings. The first-order chi connectivity index (χ1) is 9.22. The summed E-state index contributed by atoms with van der Waals surface area (Å²) in [4.78, 5) is 20.8. The minimum absolute atomic E-state index is 0.0597. The zero-order valence-electron chi connectivity index (χ0n) is 11.2. The number of piperazine rings is 1. The van der Waals surface area contributed by atoms with Gasteiger partial charge in [0.1, 0.15) is 5.82 Å². The molecule has 6 heteroatoms. The van der Waals surface area contributed by atoms with Gasteiger partial charge in [-0.2, -0.15) is 0 Å². The zero-order chi connectivity index (χ0) is 13.7. The highest BCUT2D eigenvalue weighted by molar-refractivity contribution is 5.98. The van der Waals surface area contributed by atoms with Gasteiger partial charge in [0.25, 0.3) is 5.91 Å². The highest BCUT2D eigenvalue weighted by Gasteiger charge is 2.20. The molecule has 1 fully saturated rings. The van der Waals surface area contributed by atoms with Crippen LogP contribution in [0.4, 0.5) is 5.82 Å². The Balaban J connectivity index is 2.14. The van der Waals surface area contributed by atoms with Crippen LogP contribution >= 0.6 is 0 Å². The molecule has 0 radical (unpaired) electrons. The van der Waals surface area contributed by atoms with Crippen molar-refractivity contribution in [2.75, 3.05) is 51.3 Å². The van der Waals surface area contributed by atoms with Crippen molar-refractivity contribution < 1.29 is 9.90 Å². The Morgan fingerprint density at radius 3 is 2.84 bits per heavy atom. The number of aromatic nitrogens is 1. The minimum atomic E-state index is -0.184. The van der Waals surface area contributed by atoms with Crippen LogP contribution in [-0.4, -0.2) is 67.3 Å². The van der Waals surface area contributed by atoms with Gasteiger partial charge in [-0.05, 0) is 19.2 Å². The molecule has 0 unspecified atom stereocenters. The normalized spacial score (nSPS) is 16.4. The molecule has 0 aliphatic carbocycles. The summed E-state index contributed by atoms with van der Waals surface area (Å²) in [6.45, 7) is 3.87. The second-order valence-corrected chi connectivity index (χ2v) is 4.64. The van der Waals surface area contributed by atoms with Gasteiger partial charge in [-0.3, -0.25) is 4.79 Å². The fraction of sp³-hybridized carbons (Fsp3) is 0.538. The first-order valence-electron chi connectivity index (χ1n) is 6.50. The van der Waals surface area contributed by atoms with Crippen LogP contribution in [0.5, 0.6) is 0 Å². The molecule has 0 bridgehead atoms. The Hall–Kier alpha value is -1.66. The topological polar surface area (TPSA) is 68.7 Å². The third-order valence-corrected chi connectivity index (χ3v) is 3.23. The Labute approximate surface area is 113 Å². The van der Waals surface area contributed by atoms with E-state index in [1.54, 1.807) is 18.3 Å². The molecule has 1 saturated heterocycles. The van der Waals surface area contributed by atoms with E-state index in [0.29, 0.717) is 5.56 Å². The van der Waals surface area contributed by atoms with Gasteiger partial charge in [-0.1, -0.05) is 0 Å². The van der Waals surface area contributed by atoms with Crippen LogP contribution in [0.3, 0.4) is 0 Å². The molecule has 6 nitrogen and oxygen atoms in total. The summed E-state index contributed by atoms with van der Waals surface area (Å²) in [5.74, 6) is 0.544. The third kappa shape index (κ3) is 3.42. The van der Waals surface area contributed by atoms with Gasteiger partial charge < -0.3 is 20.2 Å². The largest absolute Gasteiger partial charge is 0.395 e. The lowest BCUT2D eigenvalue weighted by Gasteiger charge is -2.34. The van der Waals surface area contributed by atoms with Crippen molar-refractivity contribution in [2.24, 2.45) is 0 Å². The SMILES string of the molecule is CN1CCN(c2ncccc2C(=O)NCCO)CC1. The van der Waals surface area contributed by atoms with E-state index in [4.69, 9.17) is 5.11 Å². The summed E-state index contributed by atoms with van der Waals surface area (Å²) in [5, 5.41) is 11.4. The molecule has 1 aliphatic rings. The Bertz CT molecular complexity index is 430. The number of anilines is 1. The number of carbonyl (C=O) groups is 1. The average Bonchev–Trinajstić information content (AvgIpc) is 2.45. The number of aliphatic hydroxyl groups is 1. The predicted octanol–water partition coefficient (Wildman–Crippen LogP) is -0.444. The van der Waals surface area contributed by atoms with E-state index in [1.165, 1.54) is 0 Å². The lowest BCUT2D eigenvalue weighted by atomic mass is 10.2. The second kappa shape index (κ2) is 6.49. The smallest absolute Gasteiger partial charge is 0.255 e. The summed E-state index contributed by atoms with van der Waals surface area (Å²) < 4.78 is 0. The maximum absolute atomic E-state index is 12.0. The van der Waals surface area contributed by atoms with Crippen molar-refractivity contribution in [3.63, 3.8) is 0 Å². The van der Waals surface area contributed by atoms with Gasteiger partial charge in [0.05, 0.1) is 12.2 Å². The summed E-state index contributed by atoms with van der Waals surface area (Å²) in [7, 11) is 2.09. The lowest BCUT2D eigenvalue weighted by molar-refractivity contribution is 0.0945. The van der Waals surface area contributed by atoms with Crippen molar-refractivity contribution in [3.05, 3.63) is 23.9 Å². The average molecular weight is 264 g/mol. The fourth-order valence-corrected chi connectivity index (χ4v) is 2.11. The lowest BCUT2D eigenvalue weighted by Crippen LogP contribution is -2.45. The molecule has 0 aromatic carbocycles. The Morgan fingerprint density at radius 1 is 1.42 bits per heavy atom. The van der Waals surface area contributed by atoms with Gasteiger partial charge in [0.15, 0.2) is 0 Å². The molecule has 1 amide bonds. The molecule has 0 spiro atoms. The molecule has 2 N–H and O–H groups in total. The number of likely N-dealkylation sites (N-methyl/N-ethyl adjacent to an activating group) is 1. The Kier molecular flexibility index (Phi) is 4.70. The van der Waals surface area contributed by atoms with Crippen LogP contribution in [0.2, 0.25) is 0 Å². The Morgan fingerprint density at radius 2 is 2.16 bits per heavy atom. The highest BCUT2D eigenvalue weighted by atomic mass is 16.3. The molecular weight excluding hydrogens is 244 g/mol. The molecule has 2 heterocycles. The number of amides is 1. The quantitative estimate of drug-likeness (QED) is 0.771.